The summed E-state index contributed by atoms with van der Waals surface area (Å²) in [6, 6.07) is 7.82. The summed E-state index contributed by atoms with van der Waals surface area (Å²) < 4.78 is 17.2. The molecule has 0 heterocycles. The van der Waals surface area contributed by atoms with E-state index in [1.807, 2.05) is 31.2 Å². The molecule has 0 aromatic heterocycles. The molecule has 0 amide bonds. The quantitative estimate of drug-likeness (QED) is 0.705. The first-order valence-electron chi connectivity index (χ1n) is 4.85. The van der Waals surface area contributed by atoms with Crippen LogP contribution in [0.3, 0.4) is 0 Å². The average Bonchev–Trinajstić information content (AvgIpc) is 2.19. The second-order valence-electron chi connectivity index (χ2n) is 2.95. The summed E-state index contributed by atoms with van der Waals surface area (Å²) in [6.45, 7) is 3.38. The van der Waals surface area contributed by atoms with Gasteiger partial charge in [-0.15, -0.1) is 0 Å². The number of ether oxygens (including phenoxy) is 1. The Kier molecular flexibility index (Phi) is 5.00. The van der Waals surface area contributed by atoms with Crippen molar-refractivity contribution in [3.05, 3.63) is 29.8 Å². The van der Waals surface area contributed by atoms with Gasteiger partial charge in [0.05, 0.1) is 6.61 Å². The smallest absolute Gasteiger partial charge is 0.119 e. The van der Waals surface area contributed by atoms with Crippen molar-refractivity contribution in [3.63, 3.8) is 0 Å². The van der Waals surface area contributed by atoms with Crippen LogP contribution in [0.5, 0.6) is 5.75 Å². The highest BCUT2D eigenvalue weighted by molar-refractivity contribution is 5.28. The van der Waals surface area contributed by atoms with Gasteiger partial charge in [0.2, 0.25) is 0 Å². The Bertz CT molecular complexity index is 265. The molecule has 0 saturated heterocycles. The van der Waals surface area contributed by atoms with Gasteiger partial charge in [-0.25, -0.2) is 4.39 Å². The Hall–Kier alpha value is -1.09. The molecule has 0 unspecified atom stereocenters. The van der Waals surface area contributed by atoms with Crippen molar-refractivity contribution < 1.29 is 9.13 Å². The van der Waals surface area contributed by atoms with Crippen LogP contribution < -0.4 is 10.1 Å². The van der Waals surface area contributed by atoms with Crippen molar-refractivity contribution in [3.8, 4) is 5.75 Å². The summed E-state index contributed by atoms with van der Waals surface area (Å²) in [5.74, 6) is 0.868. The lowest BCUT2D eigenvalue weighted by Crippen LogP contribution is -2.15. The van der Waals surface area contributed by atoms with Crippen LogP contribution >= 0.6 is 0 Å². The number of alkyl halides is 1. The highest BCUT2D eigenvalue weighted by atomic mass is 19.1. The Labute approximate surface area is 84.1 Å². The van der Waals surface area contributed by atoms with Gasteiger partial charge in [-0.1, -0.05) is 12.1 Å². The third-order valence-corrected chi connectivity index (χ3v) is 1.81. The van der Waals surface area contributed by atoms with Gasteiger partial charge in [-0.3, -0.25) is 0 Å². The fraction of sp³-hybridized carbons (Fsp3) is 0.455. The first-order valence-corrected chi connectivity index (χ1v) is 4.85. The van der Waals surface area contributed by atoms with E-state index < -0.39 is 0 Å². The van der Waals surface area contributed by atoms with E-state index in [0.717, 1.165) is 11.3 Å². The van der Waals surface area contributed by atoms with Crippen LogP contribution in [0, 0.1) is 0 Å². The zero-order chi connectivity index (χ0) is 10.2. The minimum absolute atomic E-state index is 0.328. The van der Waals surface area contributed by atoms with Gasteiger partial charge in [-0.2, -0.15) is 0 Å². The number of rotatable bonds is 6. The van der Waals surface area contributed by atoms with Gasteiger partial charge < -0.3 is 10.1 Å². The lowest BCUT2D eigenvalue weighted by atomic mass is 10.2. The molecule has 3 heteroatoms. The molecular formula is C11H16FNO. The lowest BCUT2D eigenvalue weighted by molar-refractivity contribution is 0.340. The van der Waals surface area contributed by atoms with Crippen LogP contribution in [0.4, 0.5) is 4.39 Å². The Morgan fingerprint density at radius 2 is 2.29 bits per heavy atom. The highest BCUT2D eigenvalue weighted by Crippen LogP contribution is 2.12. The first kappa shape index (κ1) is 11.0. The molecule has 0 saturated carbocycles. The summed E-state index contributed by atoms with van der Waals surface area (Å²) in [5.41, 5.74) is 1.12. The lowest BCUT2D eigenvalue weighted by Gasteiger charge is -2.06. The van der Waals surface area contributed by atoms with Crippen molar-refractivity contribution in [2.45, 2.75) is 13.5 Å². The summed E-state index contributed by atoms with van der Waals surface area (Å²) in [6.07, 6.45) is 0. The molecule has 0 spiro atoms. The second-order valence-corrected chi connectivity index (χ2v) is 2.95. The highest BCUT2D eigenvalue weighted by Gasteiger charge is 1.95. The molecule has 1 rings (SSSR count). The molecule has 1 aromatic rings. The van der Waals surface area contributed by atoms with E-state index in [4.69, 9.17) is 4.74 Å². The topological polar surface area (TPSA) is 21.3 Å². The van der Waals surface area contributed by atoms with E-state index in [9.17, 15) is 4.39 Å². The van der Waals surface area contributed by atoms with E-state index in [-0.39, 0.29) is 6.67 Å². The predicted molar refractivity (Wildman–Crippen MR) is 55.3 cm³/mol. The number of nitrogens with one attached hydrogen (secondary N) is 1. The van der Waals surface area contributed by atoms with Gasteiger partial charge >= 0.3 is 0 Å². The van der Waals surface area contributed by atoms with Crippen molar-refractivity contribution in [2.75, 3.05) is 19.8 Å². The summed E-state index contributed by atoms with van der Waals surface area (Å²) >= 11 is 0. The minimum Gasteiger partial charge on any atom is -0.494 e. The van der Waals surface area contributed by atoms with Gasteiger partial charge in [0.15, 0.2) is 0 Å². The second kappa shape index (κ2) is 6.38. The summed E-state index contributed by atoms with van der Waals surface area (Å²) in [4.78, 5) is 0. The standard InChI is InChI=1S/C11H16FNO/c1-2-14-11-5-3-4-10(8-11)9-13-7-6-12/h3-5,8,13H,2,6-7,9H2,1H3. The maximum absolute atomic E-state index is 11.8. The molecule has 0 bridgehead atoms. The van der Waals surface area contributed by atoms with Crippen molar-refractivity contribution >= 4 is 0 Å². The molecule has 0 aliphatic carbocycles. The average molecular weight is 197 g/mol. The normalized spacial score (nSPS) is 10.1. The maximum atomic E-state index is 11.8. The molecule has 2 nitrogen and oxygen atoms in total. The SMILES string of the molecule is CCOc1cccc(CNCCF)c1. The van der Waals surface area contributed by atoms with E-state index in [2.05, 4.69) is 5.32 Å². The molecular weight excluding hydrogens is 181 g/mol. The minimum atomic E-state index is -0.328. The monoisotopic (exact) mass is 197 g/mol. The van der Waals surface area contributed by atoms with Crippen LogP contribution in [0.1, 0.15) is 12.5 Å². The molecule has 0 aliphatic heterocycles. The van der Waals surface area contributed by atoms with Gasteiger partial charge in [-0.05, 0) is 24.6 Å². The molecule has 0 atom stereocenters. The predicted octanol–water partition coefficient (Wildman–Crippen LogP) is 2.14. The fourth-order valence-corrected chi connectivity index (χ4v) is 1.21. The first-order chi connectivity index (χ1) is 6.86. The zero-order valence-electron chi connectivity index (χ0n) is 8.42. The van der Waals surface area contributed by atoms with Gasteiger partial charge in [0.1, 0.15) is 12.4 Å². The third kappa shape index (κ3) is 3.75. The van der Waals surface area contributed by atoms with Crippen LogP contribution in [0.25, 0.3) is 0 Å². The van der Waals surface area contributed by atoms with E-state index in [0.29, 0.717) is 19.7 Å². The van der Waals surface area contributed by atoms with Crippen molar-refractivity contribution in [1.82, 2.24) is 5.32 Å². The van der Waals surface area contributed by atoms with Gasteiger partial charge in [0, 0.05) is 13.1 Å². The molecule has 1 N–H and O–H groups in total. The van der Waals surface area contributed by atoms with E-state index >= 15 is 0 Å². The maximum Gasteiger partial charge on any atom is 0.119 e. The molecule has 14 heavy (non-hydrogen) atoms. The summed E-state index contributed by atoms with van der Waals surface area (Å²) in [5, 5.41) is 2.99. The number of hydrogen-bond acceptors (Lipinski definition) is 2. The Morgan fingerprint density at radius 1 is 1.43 bits per heavy atom. The third-order valence-electron chi connectivity index (χ3n) is 1.81. The van der Waals surface area contributed by atoms with Gasteiger partial charge in [0.25, 0.3) is 0 Å². The number of halogens is 1. The van der Waals surface area contributed by atoms with Crippen LogP contribution in [-0.2, 0) is 6.54 Å². The Balaban J connectivity index is 2.46. The molecule has 0 radical (unpaired) electrons. The zero-order valence-corrected chi connectivity index (χ0v) is 8.42. The molecule has 78 valence electrons. The van der Waals surface area contributed by atoms with Crippen LogP contribution in [0.15, 0.2) is 24.3 Å². The van der Waals surface area contributed by atoms with E-state index in [1.165, 1.54) is 0 Å². The Morgan fingerprint density at radius 3 is 3.00 bits per heavy atom. The number of benzene rings is 1. The van der Waals surface area contributed by atoms with Crippen LogP contribution in [-0.4, -0.2) is 19.8 Å². The van der Waals surface area contributed by atoms with Crippen LogP contribution in [0.2, 0.25) is 0 Å². The van der Waals surface area contributed by atoms with Crippen molar-refractivity contribution in [2.24, 2.45) is 0 Å². The number of hydrogen-bond donors (Lipinski definition) is 1. The van der Waals surface area contributed by atoms with E-state index in [1.54, 1.807) is 0 Å². The van der Waals surface area contributed by atoms with Crippen molar-refractivity contribution in [1.29, 1.82) is 0 Å². The largest absolute Gasteiger partial charge is 0.494 e. The molecule has 0 fully saturated rings. The molecule has 1 aromatic carbocycles. The fourth-order valence-electron chi connectivity index (χ4n) is 1.21. The summed E-state index contributed by atoms with van der Waals surface area (Å²) in [7, 11) is 0. The molecule has 0 aliphatic rings.